The van der Waals surface area contributed by atoms with Crippen molar-refractivity contribution in [3.63, 3.8) is 0 Å². The van der Waals surface area contributed by atoms with E-state index in [2.05, 4.69) is 41.3 Å². The van der Waals surface area contributed by atoms with Crippen molar-refractivity contribution in [3.8, 4) is 0 Å². The van der Waals surface area contributed by atoms with Gasteiger partial charge in [0.1, 0.15) is 0 Å². The van der Waals surface area contributed by atoms with Gasteiger partial charge < -0.3 is 10.1 Å². The van der Waals surface area contributed by atoms with Gasteiger partial charge in [0.2, 0.25) is 0 Å². The zero-order valence-corrected chi connectivity index (χ0v) is 11.7. The first-order chi connectivity index (χ1) is 9.20. The van der Waals surface area contributed by atoms with Gasteiger partial charge in [-0.05, 0) is 37.3 Å². The third-order valence-electron chi connectivity index (χ3n) is 3.55. The fourth-order valence-electron chi connectivity index (χ4n) is 2.37. The largest absolute Gasteiger partial charge is 0.469 e. The molecule has 0 fully saturated rings. The van der Waals surface area contributed by atoms with Crippen molar-refractivity contribution in [2.24, 2.45) is 0 Å². The number of fused-ring (bicyclic) bond motifs is 1. The van der Waals surface area contributed by atoms with E-state index in [9.17, 15) is 4.79 Å². The summed E-state index contributed by atoms with van der Waals surface area (Å²) < 4.78 is 4.65. The van der Waals surface area contributed by atoms with Crippen molar-refractivity contribution in [1.29, 1.82) is 0 Å². The molecule has 1 aliphatic rings. The van der Waals surface area contributed by atoms with Crippen LogP contribution in [0.5, 0.6) is 0 Å². The number of benzene rings is 1. The molecule has 0 atom stereocenters. The Hall–Kier alpha value is -1.77. The van der Waals surface area contributed by atoms with E-state index >= 15 is 0 Å². The summed E-state index contributed by atoms with van der Waals surface area (Å²) in [5.41, 5.74) is 5.30. The minimum atomic E-state index is -0.144. The second-order valence-corrected chi connectivity index (χ2v) is 4.96. The van der Waals surface area contributed by atoms with Crippen LogP contribution < -0.4 is 5.32 Å². The molecule has 0 unspecified atom stereocenters. The number of para-hydroxylation sites is 1. The number of carbonyl (C=O) groups excluding carboxylic acids is 1. The predicted octanol–water partition coefficient (Wildman–Crippen LogP) is 3.10. The van der Waals surface area contributed by atoms with Crippen molar-refractivity contribution < 1.29 is 9.53 Å². The molecule has 0 saturated carbocycles. The van der Waals surface area contributed by atoms with Crippen molar-refractivity contribution >= 4 is 11.7 Å². The molecule has 0 bridgehead atoms. The molecule has 3 nitrogen and oxygen atoms in total. The fraction of sp³-hybridized carbons (Fsp3) is 0.438. The summed E-state index contributed by atoms with van der Waals surface area (Å²) in [6.45, 7) is 3.11. The summed E-state index contributed by atoms with van der Waals surface area (Å²) in [6, 6.07) is 6.48. The topological polar surface area (TPSA) is 38.3 Å². The van der Waals surface area contributed by atoms with Gasteiger partial charge in [0.25, 0.3) is 0 Å². The van der Waals surface area contributed by atoms with Crippen molar-refractivity contribution in [1.82, 2.24) is 0 Å². The number of anilines is 1. The Morgan fingerprint density at radius 1 is 1.42 bits per heavy atom. The van der Waals surface area contributed by atoms with E-state index in [1.165, 1.54) is 29.5 Å². The molecule has 1 aliphatic heterocycles. The van der Waals surface area contributed by atoms with Crippen LogP contribution in [0, 0.1) is 0 Å². The highest BCUT2D eigenvalue weighted by molar-refractivity contribution is 5.69. The Morgan fingerprint density at radius 3 is 3.05 bits per heavy atom. The van der Waals surface area contributed by atoms with Crippen molar-refractivity contribution in [2.45, 2.75) is 32.6 Å². The molecule has 0 aromatic heterocycles. The molecule has 0 saturated heterocycles. The number of carbonyl (C=O) groups is 1. The summed E-state index contributed by atoms with van der Waals surface area (Å²) in [7, 11) is 1.43. The number of rotatable bonds is 5. The van der Waals surface area contributed by atoms with Crippen LogP contribution in [0.1, 0.15) is 30.9 Å². The fourth-order valence-corrected chi connectivity index (χ4v) is 2.37. The molecule has 0 aliphatic carbocycles. The zero-order chi connectivity index (χ0) is 13.7. The Bertz CT molecular complexity index is 492. The van der Waals surface area contributed by atoms with E-state index in [-0.39, 0.29) is 5.97 Å². The zero-order valence-electron chi connectivity index (χ0n) is 11.7. The Kier molecular flexibility index (Phi) is 4.61. The van der Waals surface area contributed by atoms with Crippen LogP contribution >= 0.6 is 0 Å². The van der Waals surface area contributed by atoms with E-state index in [1.807, 2.05) is 0 Å². The Morgan fingerprint density at radius 2 is 2.26 bits per heavy atom. The van der Waals surface area contributed by atoms with Crippen LogP contribution in [0.3, 0.4) is 0 Å². The molecule has 0 radical (unpaired) electrons. The highest BCUT2D eigenvalue weighted by Gasteiger charge is 2.12. The van der Waals surface area contributed by atoms with E-state index in [4.69, 9.17) is 0 Å². The van der Waals surface area contributed by atoms with E-state index in [0.717, 1.165) is 25.8 Å². The molecule has 2 rings (SSSR count). The molecule has 102 valence electrons. The number of ether oxygens (including phenoxy) is 1. The lowest BCUT2D eigenvalue weighted by Gasteiger charge is -2.07. The normalized spacial score (nSPS) is 13.9. The molecular formula is C16H21NO2. The van der Waals surface area contributed by atoms with Crippen LogP contribution in [-0.4, -0.2) is 19.6 Å². The van der Waals surface area contributed by atoms with Crippen LogP contribution in [-0.2, 0) is 22.4 Å². The number of hydrogen-bond donors (Lipinski definition) is 1. The van der Waals surface area contributed by atoms with Gasteiger partial charge in [-0.1, -0.05) is 29.8 Å². The van der Waals surface area contributed by atoms with Gasteiger partial charge in [0.05, 0.1) is 7.11 Å². The van der Waals surface area contributed by atoms with Crippen LogP contribution in [0.2, 0.25) is 0 Å². The maximum Gasteiger partial charge on any atom is 0.305 e. The lowest BCUT2D eigenvalue weighted by molar-refractivity contribution is -0.140. The molecular weight excluding hydrogens is 238 g/mol. The lowest BCUT2D eigenvalue weighted by Crippen LogP contribution is -2.00. The number of nitrogens with one attached hydrogen (secondary N) is 1. The first kappa shape index (κ1) is 13.7. The summed E-state index contributed by atoms with van der Waals surface area (Å²) in [5, 5.41) is 3.45. The third-order valence-corrected chi connectivity index (χ3v) is 3.55. The molecule has 1 aromatic rings. The van der Waals surface area contributed by atoms with Crippen molar-refractivity contribution in [3.05, 3.63) is 41.0 Å². The highest BCUT2D eigenvalue weighted by atomic mass is 16.5. The molecule has 1 heterocycles. The number of hydrogen-bond acceptors (Lipinski definition) is 3. The van der Waals surface area contributed by atoms with Gasteiger partial charge in [-0.3, -0.25) is 4.79 Å². The van der Waals surface area contributed by atoms with E-state index in [0.29, 0.717) is 6.42 Å². The summed E-state index contributed by atoms with van der Waals surface area (Å²) in [4.78, 5) is 11.1. The summed E-state index contributed by atoms with van der Waals surface area (Å²) >= 11 is 0. The average molecular weight is 259 g/mol. The molecule has 0 amide bonds. The Labute approximate surface area is 114 Å². The van der Waals surface area contributed by atoms with Gasteiger partial charge in [0.15, 0.2) is 0 Å². The standard InChI is InChI=1S/C16H21NO2/c1-12(7-9-15(18)19-2)6-8-13-4-3-5-14-10-11-17-16(13)14/h3-6,17H,7-11H2,1-2H3/b12-6+. The predicted molar refractivity (Wildman–Crippen MR) is 77.3 cm³/mol. The number of esters is 1. The molecule has 1 aromatic carbocycles. The maximum absolute atomic E-state index is 11.1. The van der Waals surface area contributed by atoms with Crippen LogP contribution in [0.4, 0.5) is 5.69 Å². The maximum atomic E-state index is 11.1. The van der Waals surface area contributed by atoms with Crippen LogP contribution in [0.15, 0.2) is 29.8 Å². The average Bonchev–Trinajstić information content (AvgIpc) is 2.91. The monoisotopic (exact) mass is 259 g/mol. The number of methoxy groups -OCH3 is 1. The van der Waals surface area contributed by atoms with Gasteiger partial charge in [-0.25, -0.2) is 0 Å². The first-order valence-electron chi connectivity index (χ1n) is 6.78. The number of allylic oxidation sites excluding steroid dienone is 2. The smallest absolute Gasteiger partial charge is 0.305 e. The molecule has 1 N–H and O–H groups in total. The minimum Gasteiger partial charge on any atom is -0.469 e. The van der Waals surface area contributed by atoms with Gasteiger partial charge in [0, 0.05) is 18.7 Å². The summed E-state index contributed by atoms with van der Waals surface area (Å²) in [5.74, 6) is -0.144. The lowest BCUT2D eigenvalue weighted by atomic mass is 10.0. The quantitative estimate of drug-likeness (QED) is 0.652. The van der Waals surface area contributed by atoms with Crippen LogP contribution in [0.25, 0.3) is 0 Å². The highest BCUT2D eigenvalue weighted by Crippen LogP contribution is 2.27. The Balaban J connectivity index is 1.95. The third kappa shape index (κ3) is 3.60. The van der Waals surface area contributed by atoms with E-state index in [1.54, 1.807) is 0 Å². The molecule has 0 spiro atoms. The second kappa shape index (κ2) is 6.41. The second-order valence-electron chi connectivity index (χ2n) is 4.96. The van der Waals surface area contributed by atoms with Gasteiger partial charge in [-0.2, -0.15) is 0 Å². The van der Waals surface area contributed by atoms with Gasteiger partial charge >= 0.3 is 5.97 Å². The molecule has 3 heteroatoms. The summed E-state index contributed by atoms with van der Waals surface area (Å²) in [6.07, 6.45) is 5.48. The van der Waals surface area contributed by atoms with E-state index < -0.39 is 0 Å². The SMILES string of the molecule is COC(=O)CC/C(C)=C/Cc1cccc2c1NCC2. The molecule has 19 heavy (non-hydrogen) atoms. The van der Waals surface area contributed by atoms with Crippen molar-refractivity contribution in [2.75, 3.05) is 19.0 Å². The minimum absolute atomic E-state index is 0.144. The van der Waals surface area contributed by atoms with Gasteiger partial charge in [-0.15, -0.1) is 0 Å². The first-order valence-corrected chi connectivity index (χ1v) is 6.78.